The van der Waals surface area contributed by atoms with E-state index in [4.69, 9.17) is 14.7 Å². The summed E-state index contributed by atoms with van der Waals surface area (Å²) in [5.41, 5.74) is 2.02. The van der Waals surface area contributed by atoms with Crippen LogP contribution in [0.1, 0.15) is 23.7 Å². The number of carbonyl (C=O) groups is 2. The highest BCUT2D eigenvalue weighted by Crippen LogP contribution is 2.41. The highest BCUT2D eigenvalue weighted by molar-refractivity contribution is 7.20. The Kier molecular flexibility index (Phi) is 7.60. The number of amides is 1. The number of hydrogen-bond donors (Lipinski definition) is 1. The third kappa shape index (κ3) is 5.40. The van der Waals surface area contributed by atoms with Gasteiger partial charge < -0.3 is 14.8 Å². The van der Waals surface area contributed by atoms with Gasteiger partial charge in [0.1, 0.15) is 29.3 Å². The van der Waals surface area contributed by atoms with Crippen molar-refractivity contribution in [1.82, 2.24) is 0 Å². The molecule has 0 unspecified atom stereocenters. The van der Waals surface area contributed by atoms with E-state index in [1.54, 1.807) is 19.1 Å². The van der Waals surface area contributed by atoms with Gasteiger partial charge in [0.25, 0.3) is 0 Å². The first-order valence-electron chi connectivity index (χ1n) is 9.47. The van der Waals surface area contributed by atoms with E-state index in [0.717, 1.165) is 21.1 Å². The second-order valence-electron chi connectivity index (χ2n) is 6.24. The van der Waals surface area contributed by atoms with Crippen molar-refractivity contribution < 1.29 is 19.1 Å². The molecule has 0 spiro atoms. The zero-order chi connectivity index (χ0) is 22.2. The van der Waals surface area contributed by atoms with Crippen molar-refractivity contribution in [2.45, 2.75) is 13.3 Å². The highest BCUT2D eigenvalue weighted by atomic mass is 32.1. The number of nitriles is 1. The Labute approximate surface area is 188 Å². The Hall–Kier alpha value is -3.41. The zero-order valence-corrected chi connectivity index (χ0v) is 18.5. The molecule has 0 aliphatic rings. The van der Waals surface area contributed by atoms with Crippen LogP contribution in [-0.4, -0.2) is 25.1 Å². The summed E-state index contributed by atoms with van der Waals surface area (Å²) in [6.07, 6.45) is 1.41. The van der Waals surface area contributed by atoms with Crippen LogP contribution in [-0.2, 0) is 9.53 Å². The zero-order valence-electron chi connectivity index (χ0n) is 16.8. The largest absolute Gasteiger partial charge is 0.490 e. The predicted octanol–water partition coefficient (Wildman–Crippen LogP) is 5.74. The van der Waals surface area contributed by atoms with Crippen LogP contribution in [0.2, 0.25) is 0 Å². The fraction of sp³-hybridized carbons (Fsp3) is 0.174. The van der Waals surface area contributed by atoms with Crippen molar-refractivity contribution in [2.24, 2.45) is 0 Å². The van der Waals surface area contributed by atoms with Gasteiger partial charge >= 0.3 is 5.97 Å². The summed E-state index contributed by atoms with van der Waals surface area (Å²) >= 11 is 2.77. The van der Waals surface area contributed by atoms with Crippen molar-refractivity contribution in [1.29, 1.82) is 5.26 Å². The van der Waals surface area contributed by atoms with E-state index < -0.39 is 11.9 Å². The van der Waals surface area contributed by atoms with E-state index in [1.165, 1.54) is 22.7 Å². The molecule has 0 saturated carbocycles. The Morgan fingerprint density at radius 3 is 2.61 bits per heavy atom. The van der Waals surface area contributed by atoms with Crippen molar-refractivity contribution in [3.8, 4) is 32.7 Å². The van der Waals surface area contributed by atoms with Gasteiger partial charge in [-0.3, -0.25) is 4.79 Å². The monoisotopic (exact) mass is 452 g/mol. The maximum atomic E-state index is 12.6. The molecule has 0 atom stereocenters. The number of nitrogens with zero attached hydrogens (tertiary/aromatic N) is 1. The van der Waals surface area contributed by atoms with Crippen LogP contribution in [0.15, 0.2) is 54.4 Å². The van der Waals surface area contributed by atoms with Gasteiger partial charge in [-0.15, -0.1) is 22.7 Å². The summed E-state index contributed by atoms with van der Waals surface area (Å²) in [7, 11) is 0. The summed E-state index contributed by atoms with van der Waals surface area (Å²) in [6.45, 7) is 6.03. The average Bonchev–Trinajstić information content (AvgIpc) is 3.40. The smallest absolute Gasteiger partial charge is 0.341 e. The molecule has 6 nitrogen and oxygen atoms in total. The molecule has 0 aliphatic heterocycles. The number of esters is 1. The Morgan fingerprint density at radius 2 is 1.94 bits per heavy atom. The van der Waals surface area contributed by atoms with Crippen LogP contribution in [0.25, 0.3) is 20.9 Å². The maximum absolute atomic E-state index is 12.6. The molecule has 0 saturated heterocycles. The minimum absolute atomic E-state index is 0.218. The fourth-order valence-corrected chi connectivity index (χ4v) is 4.86. The second-order valence-corrected chi connectivity index (χ2v) is 8.21. The fourth-order valence-electron chi connectivity index (χ4n) is 2.79. The molecule has 8 heteroatoms. The minimum Gasteiger partial charge on any atom is -0.490 e. The van der Waals surface area contributed by atoms with Crippen LogP contribution in [0.4, 0.5) is 5.00 Å². The topological polar surface area (TPSA) is 88.4 Å². The van der Waals surface area contributed by atoms with Gasteiger partial charge in [0.15, 0.2) is 0 Å². The lowest BCUT2D eigenvalue weighted by Gasteiger charge is -2.07. The summed E-state index contributed by atoms with van der Waals surface area (Å²) < 4.78 is 10.7. The van der Waals surface area contributed by atoms with Crippen LogP contribution >= 0.6 is 22.7 Å². The average molecular weight is 453 g/mol. The molecular weight excluding hydrogens is 432 g/mol. The number of nitrogens with one attached hydrogen (secondary N) is 1. The van der Waals surface area contributed by atoms with Crippen molar-refractivity contribution in [3.05, 3.63) is 60.0 Å². The molecule has 1 amide bonds. The van der Waals surface area contributed by atoms with Gasteiger partial charge in [0, 0.05) is 20.7 Å². The molecule has 158 valence electrons. The number of anilines is 1. The molecule has 2 heterocycles. The molecular formula is C23H20N2O4S2. The lowest BCUT2D eigenvalue weighted by atomic mass is 10.1. The van der Waals surface area contributed by atoms with Gasteiger partial charge in [0.2, 0.25) is 5.91 Å². The van der Waals surface area contributed by atoms with E-state index >= 15 is 0 Å². The lowest BCUT2D eigenvalue weighted by Crippen LogP contribution is -2.13. The van der Waals surface area contributed by atoms with Gasteiger partial charge in [-0.05, 0) is 48.9 Å². The lowest BCUT2D eigenvalue weighted by molar-refractivity contribution is -0.115. The molecule has 1 aromatic carbocycles. The van der Waals surface area contributed by atoms with Crippen LogP contribution in [0.5, 0.6) is 5.75 Å². The molecule has 0 fully saturated rings. The number of ether oxygens (including phenoxy) is 2. The van der Waals surface area contributed by atoms with Crippen molar-refractivity contribution >= 4 is 39.6 Å². The summed E-state index contributed by atoms with van der Waals surface area (Å²) in [5.74, 6) is -0.211. The van der Waals surface area contributed by atoms with Crippen molar-refractivity contribution in [2.75, 3.05) is 18.5 Å². The van der Waals surface area contributed by atoms with Gasteiger partial charge in [-0.25, -0.2) is 4.79 Å². The first kappa shape index (κ1) is 22.3. The Morgan fingerprint density at radius 1 is 1.19 bits per heavy atom. The molecule has 0 bridgehead atoms. The van der Waals surface area contributed by atoms with Crippen LogP contribution < -0.4 is 10.1 Å². The number of rotatable bonds is 9. The molecule has 0 aliphatic carbocycles. The quantitative estimate of drug-likeness (QED) is 0.330. The Bertz CT molecular complexity index is 1120. The maximum Gasteiger partial charge on any atom is 0.341 e. The SMILES string of the molecule is C=CCOc1ccc(-c2ccc(-c3csc(NC(=O)CC#N)c3C(=O)OCC)s2)cc1. The number of benzene rings is 1. The van der Waals surface area contributed by atoms with E-state index in [0.29, 0.717) is 22.7 Å². The summed E-state index contributed by atoms with van der Waals surface area (Å²) in [5, 5.41) is 13.6. The molecule has 1 N–H and O–H groups in total. The van der Waals surface area contributed by atoms with E-state index in [2.05, 4.69) is 11.9 Å². The molecule has 31 heavy (non-hydrogen) atoms. The number of carbonyl (C=O) groups excluding carboxylic acids is 2. The third-order valence-corrected chi connectivity index (χ3v) is 6.20. The molecule has 0 radical (unpaired) electrons. The van der Waals surface area contributed by atoms with Gasteiger partial charge in [-0.1, -0.05) is 12.7 Å². The summed E-state index contributed by atoms with van der Waals surface area (Å²) in [4.78, 5) is 26.4. The Balaban J connectivity index is 1.90. The van der Waals surface area contributed by atoms with Crippen LogP contribution in [0.3, 0.4) is 0 Å². The van der Waals surface area contributed by atoms with Gasteiger partial charge in [-0.2, -0.15) is 5.26 Å². The first-order valence-corrected chi connectivity index (χ1v) is 11.2. The van der Waals surface area contributed by atoms with E-state index in [1.807, 2.05) is 41.8 Å². The highest BCUT2D eigenvalue weighted by Gasteiger charge is 2.23. The first-order chi connectivity index (χ1) is 15.1. The standard InChI is InChI=1S/C23H20N2O4S2/c1-3-13-29-16-7-5-15(6-8-16)18-9-10-19(31-18)17-14-30-22(25-20(26)11-12-24)21(17)23(27)28-4-2/h3,5-10,14H,1,4,11,13H2,2H3,(H,25,26). The van der Waals surface area contributed by atoms with E-state index in [-0.39, 0.29) is 13.0 Å². The molecule has 3 rings (SSSR count). The third-order valence-electron chi connectivity index (χ3n) is 4.14. The van der Waals surface area contributed by atoms with Gasteiger partial charge in [0.05, 0.1) is 12.7 Å². The number of thiophene rings is 2. The summed E-state index contributed by atoms with van der Waals surface area (Å²) in [6, 6.07) is 13.5. The molecule has 3 aromatic rings. The molecule has 2 aromatic heterocycles. The minimum atomic E-state index is -0.510. The van der Waals surface area contributed by atoms with Crippen LogP contribution in [0, 0.1) is 11.3 Å². The predicted molar refractivity (Wildman–Crippen MR) is 124 cm³/mol. The number of hydrogen-bond acceptors (Lipinski definition) is 7. The normalized spacial score (nSPS) is 10.2. The van der Waals surface area contributed by atoms with E-state index in [9.17, 15) is 9.59 Å². The second kappa shape index (κ2) is 10.6. The van der Waals surface area contributed by atoms with Crippen molar-refractivity contribution in [3.63, 3.8) is 0 Å².